The van der Waals surface area contributed by atoms with E-state index in [1.54, 1.807) is 0 Å². The Morgan fingerprint density at radius 1 is 1.27 bits per heavy atom. The molecule has 1 unspecified atom stereocenters. The van der Waals surface area contributed by atoms with Gasteiger partial charge in [0.15, 0.2) is 0 Å². The largest absolute Gasteiger partial charge is 0.494 e. The fourth-order valence-corrected chi connectivity index (χ4v) is 2.31. The second-order valence-corrected chi connectivity index (χ2v) is 5.08. The Hall–Kier alpha value is -0.0200. The van der Waals surface area contributed by atoms with E-state index in [1.165, 1.54) is 6.42 Å². The molecule has 1 nitrogen and oxygen atoms in total. The van der Waals surface area contributed by atoms with Gasteiger partial charge in [-0.2, -0.15) is 0 Å². The topological polar surface area (TPSA) is 9.23 Å². The first kappa shape index (κ1) is 13.0. The van der Waals surface area contributed by atoms with Crippen molar-refractivity contribution in [1.82, 2.24) is 0 Å². The lowest BCUT2D eigenvalue weighted by atomic mass is 10.1. The maximum absolute atomic E-state index is 5.65. The van der Waals surface area contributed by atoms with Crippen LogP contribution in [-0.2, 0) is 0 Å². The number of halogens is 2. The molecule has 1 aromatic rings. The molecule has 1 rings (SSSR count). The van der Waals surface area contributed by atoms with Crippen LogP contribution in [0.2, 0.25) is 0 Å². The third kappa shape index (κ3) is 5.03. The summed E-state index contributed by atoms with van der Waals surface area (Å²) in [6, 6.07) is 7.96. The second kappa shape index (κ2) is 7.29. The lowest BCUT2D eigenvalue weighted by molar-refractivity contribution is 0.283. The van der Waals surface area contributed by atoms with E-state index in [0.717, 1.165) is 34.5 Å². The van der Waals surface area contributed by atoms with Gasteiger partial charge in [-0.25, -0.2) is 0 Å². The minimum Gasteiger partial charge on any atom is -0.494 e. The molecule has 0 aromatic heterocycles. The van der Waals surface area contributed by atoms with Crippen LogP contribution in [0.25, 0.3) is 0 Å². The van der Waals surface area contributed by atoms with E-state index in [-0.39, 0.29) is 0 Å². The first-order valence-corrected chi connectivity index (χ1v) is 7.12. The van der Waals surface area contributed by atoms with Crippen molar-refractivity contribution in [3.05, 3.63) is 28.7 Å². The quantitative estimate of drug-likeness (QED) is 0.688. The van der Waals surface area contributed by atoms with Crippen LogP contribution >= 0.6 is 31.9 Å². The van der Waals surface area contributed by atoms with Crippen molar-refractivity contribution < 1.29 is 4.74 Å². The minimum absolute atomic E-state index is 0.723. The molecule has 0 radical (unpaired) electrons. The average molecular weight is 336 g/mol. The molecule has 0 amide bonds. The molecule has 0 aliphatic rings. The Morgan fingerprint density at radius 3 is 2.47 bits per heavy atom. The maximum Gasteiger partial charge on any atom is 0.119 e. The number of rotatable bonds is 6. The fourth-order valence-electron chi connectivity index (χ4n) is 1.26. The Balaban J connectivity index is 2.28. The molecule has 15 heavy (non-hydrogen) atoms. The summed E-state index contributed by atoms with van der Waals surface area (Å²) < 4.78 is 6.74. The van der Waals surface area contributed by atoms with Crippen LogP contribution in [-0.4, -0.2) is 11.9 Å². The Labute approximate surface area is 108 Å². The number of hydrogen-bond acceptors (Lipinski definition) is 1. The minimum atomic E-state index is 0.723. The Bertz CT molecular complexity index is 267. The third-order valence-electron chi connectivity index (χ3n) is 2.40. The van der Waals surface area contributed by atoms with Gasteiger partial charge in [0.25, 0.3) is 0 Å². The Morgan fingerprint density at radius 2 is 1.93 bits per heavy atom. The number of ether oxygens (including phenoxy) is 1. The molecule has 0 spiro atoms. The predicted octanol–water partition coefficient (Wildman–Crippen LogP) is 4.64. The van der Waals surface area contributed by atoms with Gasteiger partial charge in [0, 0.05) is 9.80 Å². The third-order valence-corrected chi connectivity index (χ3v) is 3.85. The monoisotopic (exact) mass is 334 g/mol. The van der Waals surface area contributed by atoms with E-state index in [1.807, 2.05) is 24.3 Å². The van der Waals surface area contributed by atoms with Crippen molar-refractivity contribution >= 4 is 31.9 Å². The van der Waals surface area contributed by atoms with Gasteiger partial charge in [0.05, 0.1) is 6.61 Å². The molecular formula is C12H16Br2O. The molecule has 0 heterocycles. The van der Waals surface area contributed by atoms with Crippen LogP contribution in [0.1, 0.15) is 19.8 Å². The Kier molecular flexibility index (Phi) is 6.34. The van der Waals surface area contributed by atoms with Crippen LogP contribution in [0.4, 0.5) is 0 Å². The van der Waals surface area contributed by atoms with E-state index >= 15 is 0 Å². The van der Waals surface area contributed by atoms with Crippen LogP contribution < -0.4 is 4.74 Å². The molecule has 0 N–H and O–H groups in total. The standard InChI is InChI=1S/C12H16Br2O/c1-2-10(9-13)7-8-15-12-5-3-11(14)4-6-12/h3-6,10H,2,7-9H2,1H3. The van der Waals surface area contributed by atoms with E-state index in [4.69, 9.17) is 4.74 Å². The van der Waals surface area contributed by atoms with Crippen LogP contribution in [0, 0.1) is 5.92 Å². The maximum atomic E-state index is 5.65. The van der Waals surface area contributed by atoms with E-state index in [2.05, 4.69) is 38.8 Å². The molecule has 84 valence electrons. The van der Waals surface area contributed by atoms with Gasteiger partial charge in [-0.05, 0) is 36.6 Å². The van der Waals surface area contributed by atoms with Crippen molar-refractivity contribution in [3.8, 4) is 5.75 Å². The zero-order valence-corrected chi connectivity index (χ0v) is 12.1. The van der Waals surface area contributed by atoms with E-state index in [0.29, 0.717) is 0 Å². The lowest BCUT2D eigenvalue weighted by Crippen LogP contribution is -2.07. The molecule has 0 aliphatic heterocycles. The molecule has 3 heteroatoms. The van der Waals surface area contributed by atoms with Gasteiger partial charge in [-0.3, -0.25) is 0 Å². The van der Waals surface area contributed by atoms with Crippen molar-refractivity contribution in [1.29, 1.82) is 0 Å². The molecular weight excluding hydrogens is 320 g/mol. The van der Waals surface area contributed by atoms with Crippen LogP contribution in [0.5, 0.6) is 5.75 Å². The highest BCUT2D eigenvalue weighted by atomic mass is 79.9. The summed E-state index contributed by atoms with van der Waals surface area (Å²) >= 11 is 6.91. The highest BCUT2D eigenvalue weighted by molar-refractivity contribution is 9.10. The molecule has 0 fully saturated rings. The second-order valence-electron chi connectivity index (χ2n) is 3.52. The molecule has 0 aliphatic carbocycles. The summed E-state index contributed by atoms with van der Waals surface area (Å²) in [5.41, 5.74) is 0. The van der Waals surface area contributed by atoms with Gasteiger partial charge in [-0.15, -0.1) is 0 Å². The van der Waals surface area contributed by atoms with Gasteiger partial charge >= 0.3 is 0 Å². The predicted molar refractivity (Wildman–Crippen MR) is 71.8 cm³/mol. The molecule has 0 saturated carbocycles. The normalized spacial score (nSPS) is 12.5. The number of benzene rings is 1. The highest BCUT2D eigenvalue weighted by Crippen LogP contribution is 2.17. The van der Waals surface area contributed by atoms with Crippen molar-refractivity contribution in [2.75, 3.05) is 11.9 Å². The van der Waals surface area contributed by atoms with Crippen LogP contribution in [0.15, 0.2) is 28.7 Å². The summed E-state index contributed by atoms with van der Waals surface area (Å²) in [6.07, 6.45) is 2.31. The zero-order valence-electron chi connectivity index (χ0n) is 8.88. The van der Waals surface area contributed by atoms with Crippen molar-refractivity contribution in [2.45, 2.75) is 19.8 Å². The van der Waals surface area contributed by atoms with Gasteiger partial charge < -0.3 is 4.74 Å². The number of alkyl halides is 1. The molecule has 0 saturated heterocycles. The first-order valence-electron chi connectivity index (χ1n) is 5.20. The van der Waals surface area contributed by atoms with Gasteiger partial charge in [-0.1, -0.05) is 45.2 Å². The smallest absolute Gasteiger partial charge is 0.119 e. The van der Waals surface area contributed by atoms with E-state index < -0.39 is 0 Å². The fraction of sp³-hybridized carbons (Fsp3) is 0.500. The molecule has 1 atom stereocenters. The van der Waals surface area contributed by atoms with Crippen molar-refractivity contribution in [3.63, 3.8) is 0 Å². The summed E-state index contributed by atoms with van der Waals surface area (Å²) in [6.45, 7) is 3.01. The van der Waals surface area contributed by atoms with Gasteiger partial charge in [0.1, 0.15) is 5.75 Å². The molecule has 1 aromatic carbocycles. The number of hydrogen-bond donors (Lipinski definition) is 0. The summed E-state index contributed by atoms with van der Waals surface area (Å²) in [7, 11) is 0. The van der Waals surface area contributed by atoms with Crippen molar-refractivity contribution in [2.24, 2.45) is 5.92 Å². The van der Waals surface area contributed by atoms with Crippen LogP contribution in [0.3, 0.4) is 0 Å². The highest BCUT2D eigenvalue weighted by Gasteiger charge is 2.04. The van der Waals surface area contributed by atoms with Gasteiger partial charge in [0.2, 0.25) is 0 Å². The zero-order chi connectivity index (χ0) is 11.1. The average Bonchev–Trinajstić information content (AvgIpc) is 2.27. The molecule has 0 bridgehead atoms. The van der Waals surface area contributed by atoms with E-state index in [9.17, 15) is 0 Å². The SMILES string of the molecule is CCC(CBr)CCOc1ccc(Br)cc1. The first-order chi connectivity index (χ1) is 7.26. The summed E-state index contributed by atoms with van der Waals surface area (Å²) in [5, 5.41) is 1.06. The lowest BCUT2D eigenvalue weighted by Gasteiger charge is -2.12. The summed E-state index contributed by atoms with van der Waals surface area (Å²) in [5.74, 6) is 1.67. The summed E-state index contributed by atoms with van der Waals surface area (Å²) in [4.78, 5) is 0.